The Kier molecular flexibility index (Phi) is 7.32. The average molecular weight is 674 g/mol. The summed E-state index contributed by atoms with van der Waals surface area (Å²) < 4.78 is 74.4. The number of benzene rings is 2. The maximum Gasteiger partial charge on any atom is 0.416 e. The van der Waals surface area contributed by atoms with Crippen LogP contribution in [0.2, 0.25) is 0 Å². The molecule has 2 aromatic carbocycles. The molecule has 1 N–H and O–H groups in total. The van der Waals surface area contributed by atoms with E-state index in [4.69, 9.17) is 14.2 Å². The number of methoxy groups -OCH3 is 2. The normalized spacial score (nSPS) is 34.4. The number of amides is 1. The number of carboxylic acids is 1. The summed E-state index contributed by atoms with van der Waals surface area (Å²) in [6.45, 7) is 2.81. The van der Waals surface area contributed by atoms with Crippen LogP contribution in [0.3, 0.4) is 0 Å². The standard InChI is InChI=1S/C35H39F4N3O6/c1-46-21-4-6-22(28(36)14-21)25-15-40(20-8-11-48-12-9-20)16-26(25)31(43)41-17-27-23-5-3-19(35(37,38)39)13-29(23)42-10-7-24(32(44)45)30-33(27,18-41)34(30,42)47-2/h3-6,13-14,20,24-27,30H,7-12,15-18H2,1-2H3,(H,44,45)/t24?,25-,26+,27+,30?,33?,34+/m0/s1. The van der Waals surface area contributed by atoms with Gasteiger partial charge < -0.3 is 29.1 Å². The van der Waals surface area contributed by atoms with Crippen molar-refractivity contribution in [2.75, 3.05) is 65.1 Å². The molecule has 48 heavy (non-hydrogen) atoms. The molecule has 4 saturated heterocycles. The Morgan fingerprint density at radius 3 is 2.40 bits per heavy atom. The number of rotatable bonds is 6. The number of fused-ring (bicyclic) bond motifs is 3. The van der Waals surface area contributed by atoms with Crippen molar-refractivity contribution in [1.82, 2.24) is 9.80 Å². The van der Waals surface area contributed by atoms with E-state index < -0.39 is 64.3 Å². The maximum atomic E-state index is 15.6. The van der Waals surface area contributed by atoms with Gasteiger partial charge in [-0.2, -0.15) is 13.2 Å². The number of hydrogen-bond donors (Lipinski definition) is 1. The van der Waals surface area contributed by atoms with Crippen molar-refractivity contribution in [3.05, 3.63) is 58.9 Å². The van der Waals surface area contributed by atoms with Gasteiger partial charge in [0.1, 0.15) is 11.6 Å². The number of carboxylic acid groups (broad SMARTS) is 1. The van der Waals surface area contributed by atoms with Crippen molar-refractivity contribution in [2.45, 2.75) is 49.0 Å². The van der Waals surface area contributed by atoms with E-state index in [9.17, 15) is 27.9 Å². The zero-order valence-electron chi connectivity index (χ0n) is 26.8. The van der Waals surface area contributed by atoms with Crippen LogP contribution >= 0.6 is 0 Å². The Bertz CT molecular complexity index is 1650. The molecule has 5 aliphatic heterocycles. The molecule has 6 aliphatic rings. The van der Waals surface area contributed by atoms with Crippen molar-refractivity contribution in [3.63, 3.8) is 0 Å². The van der Waals surface area contributed by atoms with Crippen LogP contribution in [0.5, 0.6) is 5.75 Å². The molecule has 1 spiro atoms. The second kappa shape index (κ2) is 11.0. The summed E-state index contributed by atoms with van der Waals surface area (Å²) in [5, 5.41) is 10.3. The lowest BCUT2D eigenvalue weighted by Crippen LogP contribution is -2.52. The van der Waals surface area contributed by atoms with Gasteiger partial charge in [0.15, 0.2) is 5.72 Å². The van der Waals surface area contributed by atoms with Gasteiger partial charge in [-0.15, -0.1) is 0 Å². The van der Waals surface area contributed by atoms with E-state index in [-0.39, 0.29) is 38.0 Å². The molecule has 1 saturated carbocycles. The van der Waals surface area contributed by atoms with E-state index in [1.807, 2.05) is 4.90 Å². The molecule has 3 unspecified atom stereocenters. The molecular formula is C35H39F4N3O6. The fraction of sp³-hybridized carbons (Fsp3) is 0.600. The number of alkyl halides is 3. The summed E-state index contributed by atoms with van der Waals surface area (Å²) in [5.74, 6) is -3.93. The van der Waals surface area contributed by atoms with Gasteiger partial charge in [-0.05, 0) is 48.6 Å². The van der Waals surface area contributed by atoms with Gasteiger partial charge in [0.25, 0.3) is 0 Å². The predicted octanol–water partition coefficient (Wildman–Crippen LogP) is 4.56. The average Bonchev–Trinajstić information content (AvgIpc) is 3.35. The van der Waals surface area contributed by atoms with E-state index in [2.05, 4.69) is 4.90 Å². The first-order valence-corrected chi connectivity index (χ1v) is 16.7. The van der Waals surface area contributed by atoms with E-state index >= 15 is 4.39 Å². The smallest absolute Gasteiger partial charge is 0.416 e. The Morgan fingerprint density at radius 2 is 1.73 bits per heavy atom. The Balaban J connectivity index is 1.18. The summed E-state index contributed by atoms with van der Waals surface area (Å²) in [7, 11) is 2.96. The summed E-state index contributed by atoms with van der Waals surface area (Å²) in [6, 6.07) is 8.64. The molecule has 13 heteroatoms. The predicted molar refractivity (Wildman–Crippen MR) is 164 cm³/mol. The molecule has 2 aromatic rings. The van der Waals surface area contributed by atoms with Gasteiger partial charge in [0.2, 0.25) is 5.91 Å². The monoisotopic (exact) mass is 673 g/mol. The number of nitrogens with zero attached hydrogens (tertiary/aromatic N) is 3. The third-order valence-electron chi connectivity index (χ3n) is 12.4. The van der Waals surface area contributed by atoms with Crippen molar-refractivity contribution in [3.8, 4) is 5.75 Å². The first-order valence-electron chi connectivity index (χ1n) is 16.7. The van der Waals surface area contributed by atoms with Crippen LogP contribution in [0.15, 0.2) is 36.4 Å². The van der Waals surface area contributed by atoms with Gasteiger partial charge in [-0.1, -0.05) is 12.1 Å². The van der Waals surface area contributed by atoms with Crippen molar-refractivity contribution in [1.29, 1.82) is 0 Å². The lowest BCUT2D eigenvalue weighted by molar-refractivity contribution is -0.144. The quantitative estimate of drug-likeness (QED) is 0.447. The minimum absolute atomic E-state index is 0.157. The van der Waals surface area contributed by atoms with Gasteiger partial charge >= 0.3 is 12.1 Å². The third kappa shape index (κ3) is 4.32. The highest BCUT2D eigenvalue weighted by atomic mass is 19.4. The number of halogens is 4. The highest BCUT2D eigenvalue weighted by Crippen LogP contribution is 2.81. The highest BCUT2D eigenvalue weighted by molar-refractivity contribution is 5.83. The number of likely N-dealkylation sites (tertiary alicyclic amines) is 2. The second-order valence-electron chi connectivity index (χ2n) is 14.2. The Hall–Kier alpha value is -3.42. The summed E-state index contributed by atoms with van der Waals surface area (Å²) in [4.78, 5) is 33.3. The number of anilines is 1. The second-order valence-corrected chi connectivity index (χ2v) is 14.2. The van der Waals surface area contributed by atoms with Crippen LogP contribution in [0.1, 0.15) is 47.8 Å². The lowest BCUT2D eigenvalue weighted by atomic mass is 9.79. The van der Waals surface area contributed by atoms with Crippen LogP contribution in [-0.4, -0.2) is 98.7 Å². The molecular weight excluding hydrogens is 634 g/mol. The summed E-state index contributed by atoms with van der Waals surface area (Å²) in [5.41, 5.74) is -1.26. The number of carbonyl (C=O) groups is 2. The Labute approximate surface area is 275 Å². The number of ether oxygens (including phenoxy) is 3. The van der Waals surface area contributed by atoms with E-state index in [0.717, 1.165) is 25.0 Å². The van der Waals surface area contributed by atoms with Crippen LogP contribution in [0.25, 0.3) is 0 Å². The van der Waals surface area contributed by atoms with Crippen molar-refractivity contribution in [2.24, 2.45) is 23.2 Å². The van der Waals surface area contributed by atoms with Crippen molar-refractivity contribution < 1.29 is 46.5 Å². The molecule has 1 amide bonds. The minimum atomic E-state index is -4.56. The molecule has 5 fully saturated rings. The molecule has 0 aromatic heterocycles. The van der Waals surface area contributed by atoms with E-state index in [1.165, 1.54) is 26.4 Å². The van der Waals surface area contributed by atoms with Crippen LogP contribution in [0.4, 0.5) is 23.2 Å². The fourth-order valence-electron chi connectivity index (χ4n) is 10.4. The largest absolute Gasteiger partial charge is 0.497 e. The third-order valence-corrected chi connectivity index (χ3v) is 12.4. The Morgan fingerprint density at radius 1 is 0.979 bits per heavy atom. The van der Waals surface area contributed by atoms with Gasteiger partial charge in [0.05, 0.1) is 29.9 Å². The molecule has 9 nitrogen and oxygen atoms in total. The summed E-state index contributed by atoms with van der Waals surface area (Å²) in [6.07, 6.45) is -2.68. The topological polar surface area (TPSA) is 91.8 Å². The molecule has 5 heterocycles. The highest BCUT2D eigenvalue weighted by Gasteiger charge is 2.89. The van der Waals surface area contributed by atoms with E-state index in [0.29, 0.717) is 48.9 Å². The number of aliphatic carboxylic acids is 1. The fourth-order valence-corrected chi connectivity index (χ4v) is 10.4. The number of piperidine rings is 1. The molecule has 7 atom stereocenters. The molecule has 8 rings (SSSR count). The zero-order chi connectivity index (χ0) is 33.7. The zero-order valence-corrected chi connectivity index (χ0v) is 26.8. The first kappa shape index (κ1) is 31.8. The van der Waals surface area contributed by atoms with Gasteiger partial charge in [-0.3, -0.25) is 14.5 Å². The number of carbonyl (C=O) groups excluding carboxylic acids is 1. The SMILES string of the molecule is COc1ccc([C@@H]2CN(C3CCOCC3)C[C@H]2C(=O)N2C[C@@H]3c4ccc(C(F)(F)F)cc4N4CCC(C(=O)O)C5C3(C2)[C@]54OC)c(F)c1. The molecule has 0 radical (unpaired) electrons. The van der Waals surface area contributed by atoms with E-state index in [1.54, 1.807) is 17.0 Å². The molecule has 0 bridgehead atoms. The minimum Gasteiger partial charge on any atom is -0.497 e. The van der Waals surface area contributed by atoms with Crippen LogP contribution < -0.4 is 9.64 Å². The van der Waals surface area contributed by atoms with Crippen molar-refractivity contribution >= 4 is 17.6 Å². The molecule has 258 valence electrons. The van der Waals surface area contributed by atoms with Crippen LogP contribution in [0, 0.1) is 29.0 Å². The van der Waals surface area contributed by atoms with Crippen LogP contribution in [-0.2, 0) is 25.2 Å². The number of hydrogen-bond acceptors (Lipinski definition) is 7. The summed E-state index contributed by atoms with van der Waals surface area (Å²) >= 11 is 0. The lowest BCUT2D eigenvalue weighted by Gasteiger charge is -2.45. The van der Waals surface area contributed by atoms with Gasteiger partial charge in [0, 0.05) is 88.6 Å². The first-order chi connectivity index (χ1) is 23.0. The molecule has 1 aliphatic carbocycles. The van der Waals surface area contributed by atoms with Gasteiger partial charge in [-0.25, -0.2) is 4.39 Å². The maximum absolute atomic E-state index is 15.6.